The Morgan fingerprint density at radius 3 is 2.64 bits per heavy atom. The Kier molecular flexibility index (Phi) is 6.09. The van der Waals surface area contributed by atoms with Gasteiger partial charge in [-0.1, -0.05) is 18.2 Å². The van der Waals surface area contributed by atoms with Gasteiger partial charge in [-0.05, 0) is 55.9 Å². The molecule has 0 saturated heterocycles. The first-order valence-electron chi connectivity index (χ1n) is 9.42. The zero-order valence-corrected chi connectivity index (χ0v) is 16.9. The molecule has 3 N–H and O–H groups in total. The largest absolute Gasteiger partial charge is 0.481 e. The fourth-order valence-corrected chi connectivity index (χ4v) is 3.15. The summed E-state index contributed by atoms with van der Waals surface area (Å²) < 4.78 is 5.16. The Morgan fingerprint density at radius 1 is 1.07 bits per heavy atom. The van der Waals surface area contributed by atoms with Gasteiger partial charge in [0.15, 0.2) is 0 Å². The molecule has 0 bridgehead atoms. The SMILES string of the molecule is COc1cc(C)c(CCCNc2cc(-c3cccc(C)c3C)nc(N)n2)cn1. The first-order chi connectivity index (χ1) is 13.5. The van der Waals surface area contributed by atoms with Crippen molar-refractivity contribution in [3.05, 3.63) is 58.8 Å². The molecule has 0 fully saturated rings. The smallest absolute Gasteiger partial charge is 0.222 e. The first kappa shape index (κ1) is 19.6. The highest BCUT2D eigenvalue weighted by atomic mass is 16.5. The monoisotopic (exact) mass is 377 g/mol. The normalized spacial score (nSPS) is 10.7. The molecule has 0 aliphatic carbocycles. The van der Waals surface area contributed by atoms with Crippen LogP contribution in [0.4, 0.5) is 11.8 Å². The number of hydrogen-bond donors (Lipinski definition) is 2. The maximum absolute atomic E-state index is 5.95. The Morgan fingerprint density at radius 2 is 1.89 bits per heavy atom. The fourth-order valence-electron chi connectivity index (χ4n) is 3.15. The van der Waals surface area contributed by atoms with Gasteiger partial charge in [0.2, 0.25) is 11.8 Å². The molecule has 2 aromatic heterocycles. The average molecular weight is 377 g/mol. The molecule has 0 spiro atoms. The van der Waals surface area contributed by atoms with E-state index in [4.69, 9.17) is 10.5 Å². The van der Waals surface area contributed by atoms with Gasteiger partial charge in [-0.15, -0.1) is 0 Å². The number of pyridine rings is 1. The zero-order valence-electron chi connectivity index (χ0n) is 16.9. The van der Waals surface area contributed by atoms with Crippen molar-refractivity contribution in [1.29, 1.82) is 0 Å². The zero-order chi connectivity index (χ0) is 20.1. The van der Waals surface area contributed by atoms with E-state index in [9.17, 15) is 0 Å². The number of benzene rings is 1. The molecular formula is C22H27N5O. The number of nitrogen functional groups attached to an aromatic ring is 1. The van der Waals surface area contributed by atoms with E-state index in [-0.39, 0.29) is 5.95 Å². The minimum atomic E-state index is 0.274. The summed E-state index contributed by atoms with van der Waals surface area (Å²) >= 11 is 0. The van der Waals surface area contributed by atoms with Crippen LogP contribution in [0.25, 0.3) is 11.3 Å². The summed E-state index contributed by atoms with van der Waals surface area (Å²) in [6.07, 6.45) is 3.77. The number of nitrogens with one attached hydrogen (secondary N) is 1. The van der Waals surface area contributed by atoms with E-state index >= 15 is 0 Å². The minimum Gasteiger partial charge on any atom is -0.481 e. The van der Waals surface area contributed by atoms with Gasteiger partial charge in [0.25, 0.3) is 0 Å². The van der Waals surface area contributed by atoms with Crippen LogP contribution in [0.5, 0.6) is 5.88 Å². The molecule has 0 saturated carbocycles. The number of methoxy groups -OCH3 is 1. The second-order valence-electron chi connectivity index (χ2n) is 6.93. The number of aryl methyl sites for hydroxylation is 3. The van der Waals surface area contributed by atoms with Gasteiger partial charge >= 0.3 is 0 Å². The van der Waals surface area contributed by atoms with Crippen LogP contribution in [0.3, 0.4) is 0 Å². The second-order valence-corrected chi connectivity index (χ2v) is 6.93. The summed E-state index contributed by atoms with van der Waals surface area (Å²) in [5, 5.41) is 3.37. The lowest BCUT2D eigenvalue weighted by Gasteiger charge is -2.12. The van der Waals surface area contributed by atoms with Crippen LogP contribution in [-0.2, 0) is 6.42 Å². The Bertz CT molecular complexity index is 971. The third-order valence-electron chi connectivity index (χ3n) is 4.96. The van der Waals surface area contributed by atoms with Crippen LogP contribution < -0.4 is 15.8 Å². The number of ether oxygens (including phenoxy) is 1. The predicted octanol–water partition coefficient (Wildman–Crippen LogP) is 4.10. The van der Waals surface area contributed by atoms with Gasteiger partial charge in [0, 0.05) is 30.4 Å². The quantitative estimate of drug-likeness (QED) is 0.603. The molecule has 0 amide bonds. The van der Waals surface area contributed by atoms with Gasteiger partial charge in [-0.3, -0.25) is 0 Å². The highest BCUT2D eigenvalue weighted by Crippen LogP contribution is 2.26. The average Bonchev–Trinajstić information content (AvgIpc) is 2.68. The minimum absolute atomic E-state index is 0.274. The van der Waals surface area contributed by atoms with Crippen molar-refractivity contribution >= 4 is 11.8 Å². The van der Waals surface area contributed by atoms with E-state index in [1.807, 2.05) is 24.4 Å². The number of nitrogens with two attached hydrogens (primary N) is 1. The lowest BCUT2D eigenvalue weighted by molar-refractivity contribution is 0.397. The van der Waals surface area contributed by atoms with Gasteiger partial charge in [-0.25, -0.2) is 9.97 Å². The summed E-state index contributed by atoms with van der Waals surface area (Å²) in [4.78, 5) is 13.0. The molecule has 0 unspecified atom stereocenters. The van der Waals surface area contributed by atoms with Crippen molar-refractivity contribution in [3.8, 4) is 17.1 Å². The highest BCUT2D eigenvalue weighted by molar-refractivity contribution is 5.68. The molecule has 0 atom stereocenters. The van der Waals surface area contributed by atoms with E-state index < -0.39 is 0 Å². The number of aromatic nitrogens is 3. The summed E-state index contributed by atoms with van der Waals surface area (Å²) in [6.45, 7) is 7.06. The molecule has 6 heteroatoms. The van der Waals surface area contributed by atoms with E-state index in [2.05, 4.69) is 53.2 Å². The number of anilines is 2. The third kappa shape index (κ3) is 4.57. The molecule has 28 heavy (non-hydrogen) atoms. The number of nitrogens with zero attached hydrogens (tertiary/aromatic N) is 3. The molecule has 1 aromatic carbocycles. The van der Waals surface area contributed by atoms with Crippen molar-refractivity contribution in [1.82, 2.24) is 15.0 Å². The number of rotatable bonds is 7. The van der Waals surface area contributed by atoms with Gasteiger partial charge in [-0.2, -0.15) is 4.98 Å². The molecule has 6 nitrogen and oxygen atoms in total. The predicted molar refractivity (Wildman–Crippen MR) is 114 cm³/mol. The van der Waals surface area contributed by atoms with Gasteiger partial charge < -0.3 is 15.8 Å². The van der Waals surface area contributed by atoms with Crippen LogP contribution in [0.2, 0.25) is 0 Å². The molecule has 0 aliphatic rings. The molecule has 0 aliphatic heterocycles. The van der Waals surface area contributed by atoms with Crippen molar-refractivity contribution < 1.29 is 4.74 Å². The van der Waals surface area contributed by atoms with Crippen molar-refractivity contribution in [2.24, 2.45) is 0 Å². The van der Waals surface area contributed by atoms with Gasteiger partial charge in [0.05, 0.1) is 12.8 Å². The molecule has 2 heterocycles. The maximum atomic E-state index is 5.95. The van der Waals surface area contributed by atoms with E-state index in [0.29, 0.717) is 5.88 Å². The highest BCUT2D eigenvalue weighted by Gasteiger charge is 2.09. The van der Waals surface area contributed by atoms with Crippen LogP contribution in [0, 0.1) is 20.8 Å². The molecule has 146 valence electrons. The third-order valence-corrected chi connectivity index (χ3v) is 4.96. The second kappa shape index (κ2) is 8.69. The lowest BCUT2D eigenvalue weighted by Crippen LogP contribution is -2.08. The van der Waals surface area contributed by atoms with E-state index in [1.165, 1.54) is 22.3 Å². The van der Waals surface area contributed by atoms with Crippen LogP contribution in [-0.4, -0.2) is 28.6 Å². The van der Waals surface area contributed by atoms with Crippen LogP contribution in [0.1, 0.15) is 28.7 Å². The van der Waals surface area contributed by atoms with Crippen molar-refractivity contribution in [3.63, 3.8) is 0 Å². The van der Waals surface area contributed by atoms with Crippen LogP contribution in [0.15, 0.2) is 36.5 Å². The lowest BCUT2D eigenvalue weighted by atomic mass is 10.0. The van der Waals surface area contributed by atoms with Crippen LogP contribution >= 0.6 is 0 Å². The molecular weight excluding hydrogens is 350 g/mol. The summed E-state index contributed by atoms with van der Waals surface area (Å²) in [5.74, 6) is 1.67. The molecule has 3 aromatic rings. The van der Waals surface area contributed by atoms with Crippen molar-refractivity contribution in [2.75, 3.05) is 24.7 Å². The summed E-state index contributed by atoms with van der Waals surface area (Å²) in [5.41, 5.74) is 12.7. The molecule has 0 radical (unpaired) electrons. The Hall–Kier alpha value is -3.15. The first-order valence-corrected chi connectivity index (χ1v) is 9.42. The van der Waals surface area contributed by atoms with E-state index in [0.717, 1.165) is 36.5 Å². The fraction of sp³-hybridized carbons (Fsp3) is 0.318. The summed E-state index contributed by atoms with van der Waals surface area (Å²) in [6, 6.07) is 10.1. The summed E-state index contributed by atoms with van der Waals surface area (Å²) in [7, 11) is 1.63. The van der Waals surface area contributed by atoms with Crippen molar-refractivity contribution in [2.45, 2.75) is 33.6 Å². The Balaban J connectivity index is 1.65. The Labute approximate surface area is 166 Å². The topological polar surface area (TPSA) is 86.0 Å². The standard InChI is InChI=1S/C22H27N5O/c1-14-7-5-9-18(16(14)3)19-12-20(27-22(23)26-19)24-10-6-8-17-13-25-21(28-4)11-15(17)2/h5,7,9,11-13H,6,8,10H2,1-4H3,(H3,23,24,26,27). The molecule has 3 rings (SSSR count). The van der Waals surface area contributed by atoms with Gasteiger partial charge in [0.1, 0.15) is 5.82 Å². The number of hydrogen-bond acceptors (Lipinski definition) is 6. The van der Waals surface area contributed by atoms with E-state index in [1.54, 1.807) is 7.11 Å². The maximum Gasteiger partial charge on any atom is 0.222 e.